The molecule has 0 bridgehead atoms. The maximum absolute atomic E-state index is 12.1. The fraction of sp³-hybridized carbons (Fsp3) is 0.571. The predicted molar refractivity (Wildman–Crippen MR) is 74.4 cm³/mol. The highest BCUT2D eigenvalue weighted by Gasteiger charge is 2.42. The van der Waals surface area contributed by atoms with Crippen LogP contribution >= 0.6 is 0 Å². The van der Waals surface area contributed by atoms with Gasteiger partial charge in [-0.2, -0.15) is 0 Å². The summed E-state index contributed by atoms with van der Waals surface area (Å²) < 4.78 is 0. The monoisotopic (exact) mass is 262 g/mol. The average Bonchev–Trinajstić information content (AvgIpc) is 2.36. The smallest absolute Gasteiger partial charge is 0.240 e. The highest BCUT2D eigenvalue weighted by molar-refractivity contribution is 5.86. The van der Waals surface area contributed by atoms with Gasteiger partial charge in [-0.25, -0.2) is 0 Å². The Morgan fingerprint density at radius 2 is 2.05 bits per heavy atom. The number of nitrogens with zero attached hydrogens (tertiary/aromatic N) is 2. The van der Waals surface area contributed by atoms with E-state index < -0.39 is 5.54 Å². The fourth-order valence-corrected chi connectivity index (χ4v) is 2.73. The van der Waals surface area contributed by atoms with E-state index in [0.717, 1.165) is 12.1 Å². The molecule has 5 nitrogen and oxygen atoms in total. The number of carbonyl (C=O) groups excluding carboxylic acids is 1. The van der Waals surface area contributed by atoms with Crippen molar-refractivity contribution >= 4 is 5.91 Å². The number of aromatic nitrogens is 1. The van der Waals surface area contributed by atoms with E-state index in [0.29, 0.717) is 6.54 Å². The maximum atomic E-state index is 12.1. The SMILES string of the molecule is CC(N)C(c1ccncc1)N1CCNC(=O)C1(C)C. The summed E-state index contributed by atoms with van der Waals surface area (Å²) in [5.74, 6) is 0.0541. The molecule has 0 spiro atoms. The third-order valence-corrected chi connectivity index (χ3v) is 3.79. The van der Waals surface area contributed by atoms with Gasteiger partial charge in [0.2, 0.25) is 5.91 Å². The molecule has 0 saturated carbocycles. The third-order valence-electron chi connectivity index (χ3n) is 3.79. The predicted octanol–water partition coefficient (Wildman–Crippen LogP) is 0.680. The number of carbonyl (C=O) groups is 1. The molecule has 2 rings (SSSR count). The topological polar surface area (TPSA) is 71.2 Å². The van der Waals surface area contributed by atoms with Crippen molar-refractivity contribution in [3.8, 4) is 0 Å². The zero-order valence-electron chi connectivity index (χ0n) is 11.8. The molecular weight excluding hydrogens is 240 g/mol. The summed E-state index contributed by atoms with van der Waals surface area (Å²) in [7, 11) is 0. The molecule has 19 heavy (non-hydrogen) atoms. The van der Waals surface area contributed by atoms with Crippen LogP contribution in [-0.4, -0.2) is 40.5 Å². The van der Waals surface area contributed by atoms with Crippen molar-refractivity contribution in [2.75, 3.05) is 13.1 Å². The molecule has 0 aromatic carbocycles. The largest absolute Gasteiger partial charge is 0.353 e. The van der Waals surface area contributed by atoms with Crippen molar-refractivity contribution in [3.05, 3.63) is 30.1 Å². The van der Waals surface area contributed by atoms with Crippen molar-refractivity contribution in [3.63, 3.8) is 0 Å². The number of nitrogens with one attached hydrogen (secondary N) is 1. The molecule has 104 valence electrons. The second kappa shape index (κ2) is 5.27. The molecule has 2 heterocycles. The van der Waals surface area contributed by atoms with Gasteiger partial charge in [0.25, 0.3) is 0 Å². The highest BCUT2D eigenvalue weighted by Crippen LogP contribution is 2.31. The summed E-state index contributed by atoms with van der Waals surface area (Å²) in [5, 5.41) is 2.91. The lowest BCUT2D eigenvalue weighted by Gasteiger charge is -2.47. The van der Waals surface area contributed by atoms with Crippen LogP contribution in [0.1, 0.15) is 32.4 Å². The first-order valence-electron chi connectivity index (χ1n) is 6.65. The van der Waals surface area contributed by atoms with Crippen LogP contribution in [0.3, 0.4) is 0 Å². The standard InChI is InChI=1S/C14H22N4O/c1-10(15)12(11-4-6-16-7-5-11)18-9-8-17-13(19)14(18,2)3/h4-7,10,12H,8-9,15H2,1-3H3,(H,17,19). The Kier molecular flexibility index (Phi) is 3.87. The molecule has 0 radical (unpaired) electrons. The Hall–Kier alpha value is -1.46. The summed E-state index contributed by atoms with van der Waals surface area (Å²) in [4.78, 5) is 18.3. The number of amides is 1. The molecule has 1 amide bonds. The van der Waals surface area contributed by atoms with E-state index in [1.54, 1.807) is 12.4 Å². The number of piperazine rings is 1. The van der Waals surface area contributed by atoms with E-state index in [9.17, 15) is 4.79 Å². The van der Waals surface area contributed by atoms with Crippen molar-refractivity contribution in [2.24, 2.45) is 5.73 Å². The Bertz CT molecular complexity index is 444. The quantitative estimate of drug-likeness (QED) is 0.840. The van der Waals surface area contributed by atoms with E-state index in [2.05, 4.69) is 15.2 Å². The first-order valence-corrected chi connectivity index (χ1v) is 6.65. The van der Waals surface area contributed by atoms with E-state index in [1.807, 2.05) is 32.9 Å². The molecule has 2 atom stereocenters. The van der Waals surface area contributed by atoms with Crippen LogP contribution in [0.5, 0.6) is 0 Å². The van der Waals surface area contributed by atoms with E-state index in [1.165, 1.54) is 0 Å². The maximum Gasteiger partial charge on any atom is 0.240 e. The van der Waals surface area contributed by atoms with Crippen LogP contribution in [0.2, 0.25) is 0 Å². The lowest BCUT2D eigenvalue weighted by atomic mass is 9.91. The van der Waals surface area contributed by atoms with E-state index in [-0.39, 0.29) is 18.0 Å². The molecule has 1 aliphatic heterocycles. The van der Waals surface area contributed by atoms with Gasteiger partial charge >= 0.3 is 0 Å². The van der Waals surface area contributed by atoms with Gasteiger partial charge in [0.1, 0.15) is 0 Å². The molecule has 1 aromatic heterocycles. The molecule has 1 aromatic rings. The van der Waals surface area contributed by atoms with Crippen LogP contribution < -0.4 is 11.1 Å². The lowest BCUT2D eigenvalue weighted by Crippen LogP contribution is -2.64. The second-order valence-corrected chi connectivity index (χ2v) is 5.59. The summed E-state index contributed by atoms with van der Waals surface area (Å²) >= 11 is 0. The Morgan fingerprint density at radius 3 is 2.63 bits per heavy atom. The van der Waals surface area contributed by atoms with Crippen molar-refractivity contribution in [1.29, 1.82) is 0 Å². The summed E-state index contributed by atoms with van der Waals surface area (Å²) in [5.41, 5.74) is 6.72. The molecule has 2 unspecified atom stereocenters. The van der Waals surface area contributed by atoms with Crippen LogP contribution in [0, 0.1) is 0 Å². The summed E-state index contributed by atoms with van der Waals surface area (Å²) in [6.07, 6.45) is 3.53. The van der Waals surface area contributed by atoms with Gasteiger partial charge in [-0.05, 0) is 38.5 Å². The molecule has 5 heteroatoms. The minimum atomic E-state index is -0.556. The molecule has 1 aliphatic rings. The van der Waals surface area contributed by atoms with Crippen LogP contribution in [0.4, 0.5) is 0 Å². The van der Waals surface area contributed by atoms with Crippen molar-refractivity contribution in [1.82, 2.24) is 15.2 Å². The Balaban J connectivity index is 2.37. The fourth-order valence-electron chi connectivity index (χ4n) is 2.73. The highest BCUT2D eigenvalue weighted by atomic mass is 16.2. The molecular formula is C14H22N4O. The Labute approximate surface area is 114 Å². The normalized spacial score (nSPS) is 22.6. The van der Waals surface area contributed by atoms with Gasteiger partial charge in [-0.15, -0.1) is 0 Å². The zero-order valence-corrected chi connectivity index (χ0v) is 11.8. The number of pyridine rings is 1. The first-order chi connectivity index (χ1) is 8.94. The van der Waals surface area contributed by atoms with E-state index >= 15 is 0 Å². The van der Waals surface area contributed by atoms with Crippen LogP contribution in [0.15, 0.2) is 24.5 Å². The third kappa shape index (κ3) is 2.62. The van der Waals surface area contributed by atoms with Gasteiger partial charge in [0.15, 0.2) is 0 Å². The minimum absolute atomic E-state index is 0.0176. The van der Waals surface area contributed by atoms with E-state index in [4.69, 9.17) is 5.73 Å². The van der Waals surface area contributed by atoms with Gasteiger partial charge in [-0.1, -0.05) is 0 Å². The number of nitrogens with two attached hydrogens (primary N) is 1. The molecule has 1 saturated heterocycles. The van der Waals surface area contributed by atoms with Crippen LogP contribution in [0.25, 0.3) is 0 Å². The molecule has 1 fully saturated rings. The zero-order chi connectivity index (χ0) is 14.0. The molecule has 0 aliphatic carbocycles. The van der Waals surface area contributed by atoms with Crippen LogP contribution in [-0.2, 0) is 4.79 Å². The van der Waals surface area contributed by atoms with Crippen molar-refractivity contribution < 1.29 is 4.79 Å². The van der Waals surface area contributed by atoms with Gasteiger partial charge in [0, 0.05) is 31.5 Å². The molecule has 3 N–H and O–H groups in total. The van der Waals surface area contributed by atoms with Gasteiger partial charge in [-0.3, -0.25) is 14.7 Å². The number of hydrogen-bond donors (Lipinski definition) is 2. The minimum Gasteiger partial charge on any atom is -0.353 e. The summed E-state index contributed by atoms with van der Waals surface area (Å²) in [6.45, 7) is 7.33. The number of hydrogen-bond acceptors (Lipinski definition) is 4. The number of rotatable bonds is 3. The van der Waals surface area contributed by atoms with Gasteiger partial charge < -0.3 is 11.1 Å². The van der Waals surface area contributed by atoms with Crippen molar-refractivity contribution in [2.45, 2.75) is 38.4 Å². The average molecular weight is 262 g/mol. The first kappa shape index (κ1) is 14.0. The Morgan fingerprint density at radius 1 is 1.42 bits per heavy atom. The lowest BCUT2D eigenvalue weighted by molar-refractivity contribution is -0.137. The van der Waals surface area contributed by atoms with Gasteiger partial charge in [0.05, 0.1) is 11.6 Å². The summed E-state index contributed by atoms with van der Waals surface area (Å²) in [6, 6.07) is 3.89. The second-order valence-electron chi connectivity index (χ2n) is 5.59.